The number of carbonyl (C=O) groups is 2. The zero-order valence-corrected chi connectivity index (χ0v) is 16.7. The molecule has 0 radical (unpaired) electrons. The van der Waals surface area contributed by atoms with E-state index < -0.39 is 6.04 Å². The Bertz CT molecular complexity index is 845. The molecule has 0 aliphatic carbocycles. The van der Waals surface area contributed by atoms with E-state index >= 15 is 0 Å². The smallest absolute Gasteiger partial charge is 0.323 e. The van der Waals surface area contributed by atoms with Gasteiger partial charge in [-0.25, -0.2) is 0 Å². The van der Waals surface area contributed by atoms with Crippen LogP contribution in [0.5, 0.6) is 0 Å². The molecule has 152 valence electrons. The number of esters is 1. The third-order valence-electron chi connectivity index (χ3n) is 6.48. The van der Waals surface area contributed by atoms with Gasteiger partial charge in [-0.1, -0.05) is 60.7 Å². The molecule has 29 heavy (non-hydrogen) atoms. The molecule has 5 rings (SSSR count). The number of rotatable bonds is 7. The van der Waals surface area contributed by atoms with Gasteiger partial charge in [-0.15, -0.1) is 0 Å². The molecule has 0 saturated carbocycles. The summed E-state index contributed by atoms with van der Waals surface area (Å²) >= 11 is 0. The van der Waals surface area contributed by atoms with Crippen LogP contribution in [0.15, 0.2) is 60.7 Å². The highest BCUT2D eigenvalue weighted by molar-refractivity contribution is 5.96. The standard InChI is InChI=1S/C24H29N2O3/c25-21(15-18-7-3-1-4-8-18)24(28)29-23-17-26(13-11-20(23)12-14-26)16-22(27)19-9-5-2-6-10-19/h1-10,20-21,23H,11-17,25H2/q+1/t20?,21-,23-,26?/m0/s1. The molecule has 3 saturated heterocycles. The molecule has 3 fully saturated rings. The van der Waals surface area contributed by atoms with Crippen LogP contribution in [0.1, 0.15) is 28.8 Å². The molecule has 0 spiro atoms. The van der Waals surface area contributed by atoms with Crippen LogP contribution in [-0.4, -0.2) is 54.6 Å². The molecular formula is C24H29N2O3+. The Morgan fingerprint density at radius 1 is 1.00 bits per heavy atom. The van der Waals surface area contributed by atoms with Crippen LogP contribution in [0.25, 0.3) is 0 Å². The SMILES string of the molecule is N[C@@H](Cc1ccccc1)C(=O)O[C@H]1C[N+]2(CC(=O)c3ccccc3)CCC1CC2. The van der Waals surface area contributed by atoms with Crippen molar-refractivity contribution in [2.45, 2.75) is 31.4 Å². The first-order valence-corrected chi connectivity index (χ1v) is 10.5. The molecule has 2 aromatic carbocycles. The van der Waals surface area contributed by atoms with E-state index in [0.717, 1.165) is 41.5 Å². The third-order valence-corrected chi connectivity index (χ3v) is 6.48. The molecular weight excluding hydrogens is 364 g/mol. The minimum atomic E-state index is -0.660. The van der Waals surface area contributed by atoms with Crippen LogP contribution in [0.3, 0.4) is 0 Å². The number of piperidine rings is 3. The molecule has 2 atom stereocenters. The number of fused-ring (bicyclic) bond motifs is 3. The normalized spacial score (nSPS) is 26.7. The summed E-state index contributed by atoms with van der Waals surface area (Å²) in [6.45, 7) is 3.15. The number of quaternary nitrogens is 1. The van der Waals surface area contributed by atoms with Crippen molar-refractivity contribution in [2.24, 2.45) is 11.7 Å². The summed E-state index contributed by atoms with van der Waals surface area (Å²) in [7, 11) is 0. The lowest BCUT2D eigenvalue weighted by Gasteiger charge is -2.51. The average Bonchev–Trinajstić information content (AvgIpc) is 2.75. The Labute approximate surface area is 172 Å². The second-order valence-electron chi connectivity index (χ2n) is 8.53. The van der Waals surface area contributed by atoms with E-state index in [1.807, 2.05) is 60.7 Å². The largest absolute Gasteiger partial charge is 0.455 e. The van der Waals surface area contributed by atoms with Crippen molar-refractivity contribution in [3.05, 3.63) is 71.8 Å². The molecule has 3 aliphatic heterocycles. The van der Waals surface area contributed by atoms with E-state index in [1.54, 1.807) is 0 Å². The van der Waals surface area contributed by atoms with Gasteiger partial charge in [0.1, 0.15) is 19.1 Å². The summed E-state index contributed by atoms with van der Waals surface area (Å²) in [4.78, 5) is 25.4. The van der Waals surface area contributed by atoms with Crippen molar-refractivity contribution in [2.75, 3.05) is 26.2 Å². The fraction of sp³-hybridized carbons (Fsp3) is 0.417. The van der Waals surface area contributed by atoms with Crippen LogP contribution in [0.2, 0.25) is 0 Å². The average molecular weight is 394 g/mol. The van der Waals surface area contributed by atoms with Gasteiger partial charge in [0.15, 0.2) is 6.10 Å². The lowest BCUT2D eigenvalue weighted by Crippen LogP contribution is -2.66. The molecule has 0 amide bonds. The van der Waals surface area contributed by atoms with Crippen LogP contribution in [0.4, 0.5) is 0 Å². The molecule has 2 N–H and O–H groups in total. The summed E-state index contributed by atoms with van der Waals surface area (Å²) in [5.74, 6) is 0.214. The number of hydrogen-bond donors (Lipinski definition) is 1. The van der Waals surface area contributed by atoms with Gasteiger partial charge in [0.25, 0.3) is 0 Å². The predicted molar refractivity (Wildman–Crippen MR) is 111 cm³/mol. The topological polar surface area (TPSA) is 69.4 Å². The van der Waals surface area contributed by atoms with E-state index in [0.29, 0.717) is 25.4 Å². The van der Waals surface area contributed by atoms with Crippen LogP contribution >= 0.6 is 0 Å². The third kappa shape index (κ3) is 4.57. The van der Waals surface area contributed by atoms with Crippen molar-refractivity contribution >= 4 is 11.8 Å². The van der Waals surface area contributed by atoms with Gasteiger partial charge >= 0.3 is 5.97 Å². The Balaban J connectivity index is 1.38. The van der Waals surface area contributed by atoms with Crippen molar-refractivity contribution in [1.29, 1.82) is 0 Å². The van der Waals surface area contributed by atoms with Crippen molar-refractivity contribution in [3.8, 4) is 0 Å². The first-order valence-electron chi connectivity index (χ1n) is 10.5. The fourth-order valence-electron chi connectivity index (χ4n) is 4.78. The minimum absolute atomic E-state index is 0.143. The lowest BCUT2D eigenvalue weighted by atomic mass is 9.82. The van der Waals surface area contributed by atoms with Gasteiger partial charge in [0.05, 0.1) is 13.1 Å². The second-order valence-corrected chi connectivity index (χ2v) is 8.53. The molecule has 5 nitrogen and oxygen atoms in total. The predicted octanol–water partition coefficient (Wildman–Crippen LogP) is 2.59. The number of ketones is 1. The zero-order valence-electron chi connectivity index (χ0n) is 16.7. The van der Waals surface area contributed by atoms with Gasteiger partial charge in [0, 0.05) is 24.3 Å². The second kappa shape index (κ2) is 8.47. The minimum Gasteiger partial charge on any atom is -0.455 e. The Morgan fingerprint density at radius 2 is 1.62 bits per heavy atom. The first-order chi connectivity index (χ1) is 14.0. The van der Waals surface area contributed by atoms with Gasteiger partial charge in [0.2, 0.25) is 5.78 Å². The maximum absolute atomic E-state index is 12.8. The fourth-order valence-corrected chi connectivity index (χ4v) is 4.78. The summed E-state index contributed by atoms with van der Waals surface area (Å²) < 4.78 is 6.60. The highest BCUT2D eigenvalue weighted by atomic mass is 16.5. The maximum Gasteiger partial charge on any atom is 0.323 e. The van der Waals surface area contributed by atoms with E-state index in [1.165, 1.54) is 0 Å². The molecule has 3 heterocycles. The molecule has 0 aromatic heterocycles. The van der Waals surface area contributed by atoms with Crippen molar-refractivity contribution < 1.29 is 18.8 Å². The number of nitrogens with zero attached hydrogens (tertiary/aromatic N) is 1. The number of Topliss-reactive ketones (excluding diaryl/α,β-unsaturated/α-hetero) is 1. The molecule has 5 heteroatoms. The van der Waals surface area contributed by atoms with Gasteiger partial charge in [-0.05, 0) is 12.0 Å². The molecule has 0 unspecified atom stereocenters. The number of nitrogens with two attached hydrogens (primary N) is 1. The van der Waals surface area contributed by atoms with E-state index in [4.69, 9.17) is 10.5 Å². The molecule has 3 aliphatic rings. The Morgan fingerprint density at radius 3 is 2.28 bits per heavy atom. The van der Waals surface area contributed by atoms with E-state index in [2.05, 4.69) is 0 Å². The number of hydrogen-bond acceptors (Lipinski definition) is 4. The Kier molecular flexibility index (Phi) is 5.79. The van der Waals surface area contributed by atoms with Gasteiger partial charge < -0.3 is 15.0 Å². The maximum atomic E-state index is 12.8. The van der Waals surface area contributed by atoms with Crippen LogP contribution in [-0.2, 0) is 16.0 Å². The molecule has 2 aromatic rings. The van der Waals surface area contributed by atoms with Gasteiger partial charge in [-0.3, -0.25) is 9.59 Å². The number of benzene rings is 2. The Hall–Kier alpha value is -2.50. The van der Waals surface area contributed by atoms with Gasteiger partial charge in [-0.2, -0.15) is 0 Å². The highest BCUT2D eigenvalue weighted by Crippen LogP contribution is 2.36. The summed E-state index contributed by atoms with van der Waals surface area (Å²) in [5.41, 5.74) is 7.91. The summed E-state index contributed by atoms with van der Waals surface area (Å²) in [5, 5.41) is 0. The summed E-state index contributed by atoms with van der Waals surface area (Å²) in [6.07, 6.45) is 2.32. The van der Waals surface area contributed by atoms with E-state index in [9.17, 15) is 9.59 Å². The monoisotopic (exact) mass is 393 g/mol. The first kappa shape index (κ1) is 19.8. The zero-order chi connectivity index (χ0) is 20.3. The van der Waals surface area contributed by atoms with Crippen molar-refractivity contribution in [3.63, 3.8) is 0 Å². The van der Waals surface area contributed by atoms with Crippen LogP contribution in [0, 0.1) is 5.92 Å². The van der Waals surface area contributed by atoms with Crippen LogP contribution < -0.4 is 5.73 Å². The highest BCUT2D eigenvalue weighted by Gasteiger charge is 2.48. The van der Waals surface area contributed by atoms with Crippen molar-refractivity contribution in [1.82, 2.24) is 0 Å². The quantitative estimate of drug-likeness (QED) is 0.446. The molecule has 2 bridgehead atoms. The lowest BCUT2D eigenvalue weighted by molar-refractivity contribution is -0.938. The van der Waals surface area contributed by atoms with E-state index in [-0.39, 0.29) is 17.9 Å². The number of ether oxygens (including phenoxy) is 1. The number of carbonyl (C=O) groups excluding carboxylic acids is 2. The summed E-state index contributed by atoms with van der Waals surface area (Å²) in [6, 6.07) is 18.6.